The Bertz CT molecular complexity index is 1970. The second kappa shape index (κ2) is 12.9. The topological polar surface area (TPSA) is 142 Å². The summed E-state index contributed by atoms with van der Waals surface area (Å²) in [7, 11) is 1.48. The number of piperidine rings is 1. The van der Waals surface area contributed by atoms with Gasteiger partial charge >= 0.3 is 6.01 Å². The van der Waals surface area contributed by atoms with Crippen LogP contribution in [0.25, 0.3) is 33.1 Å². The molecular formula is C37H47ClFN7O5. The standard InChI is InChI=1S/C37H47ClFN7O5/c1-21-13-24-23(16-40-44-24)26(28(21)38)30-29(39)31-27(33(41-30)49-4)32(46-11-12-50-19-36(3,48)18-46)43-34(42-31)51-20-37-8-5-7-25(37)45(10-6-9-37)17-22-14-35(2,47)15-22/h13,16,22,25,47-48H,5-12,14-15,17-20H2,1-4H3,(H,40,44)/t22?,25-,35?,36+,37-/m1/s1. The highest BCUT2D eigenvalue weighted by molar-refractivity contribution is 6.35. The van der Waals surface area contributed by atoms with Crippen LogP contribution in [0.1, 0.15) is 64.4 Å². The van der Waals surface area contributed by atoms with Crippen LogP contribution in [0.3, 0.4) is 0 Å². The number of halogens is 2. The van der Waals surface area contributed by atoms with E-state index in [2.05, 4.69) is 15.1 Å². The van der Waals surface area contributed by atoms with Gasteiger partial charge in [0.15, 0.2) is 5.82 Å². The van der Waals surface area contributed by atoms with Gasteiger partial charge in [0.2, 0.25) is 5.88 Å². The highest BCUT2D eigenvalue weighted by Crippen LogP contribution is 2.50. The van der Waals surface area contributed by atoms with Crippen LogP contribution in [0.5, 0.6) is 11.9 Å². The van der Waals surface area contributed by atoms with Gasteiger partial charge in [-0.1, -0.05) is 18.0 Å². The lowest BCUT2D eigenvalue weighted by Crippen LogP contribution is -2.55. The summed E-state index contributed by atoms with van der Waals surface area (Å²) in [6.07, 6.45) is 8.63. The Hall–Kier alpha value is -3.36. The molecular weight excluding hydrogens is 677 g/mol. The summed E-state index contributed by atoms with van der Waals surface area (Å²) >= 11 is 6.86. The van der Waals surface area contributed by atoms with Gasteiger partial charge in [-0.05, 0) is 83.4 Å². The minimum Gasteiger partial charge on any atom is -0.480 e. The third-order valence-electron chi connectivity index (χ3n) is 11.6. The van der Waals surface area contributed by atoms with E-state index >= 15 is 4.39 Å². The SMILES string of the molecule is COc1nc(-c2c(Cl)c(C)cc3[nH]ncc23)c(F)c2nc(OC[C@]34CCC[C@H]3N(CC3CC(C)(O)C3)CCC4)nc(N3CCOC[C@@](C)(O)C3)c12. The van der Waals surface area contributed by atoms with Crippen molar-refractivity contribution in [3.05, 3.63) is 28.7 Å². The minimum absolute atomic E-state index is 0.0151. The number of aryl methyl sites for hydroxylation is 1. The van der Waals surface area contributed by atoms with Crippen molar-refractivity contribution in [2.24, 2.45) is 11.3 Å². The van der Waals surface area contributed by atoms with Gasteiger partial charge in [0.05, 0.1) is 55.8 Å². The molecule has 2 saturated carbocycles. The monoisotopic (exact) mass is 723 g/mol. The molecule has 0 unspecified atom stereocenters. The molecule has 14 heteroatoms. The number of hydrogen-bond donors (Lipinski definition) is 3. The molecule has 0 spiro atoms. The Balaban J connectivity index is 1.21. The van der Waals surface area contributed by atoms with Gasteiger partial charge < -0.3 is 29.3 Å². The number of nitrogens with one attached hydrogen (secondary N) is 1. The van der Waals surface area contributed by atoms with Crippen molar-refractivity contribution in [1.82, 2.24) is 30.0 Å². The van der Waals surface area contributed by atoms with Gasteiger partial charge in [-0.3, -0.25) is 10.00 Å². The number of pyridine rings is 1. The van der Waals surface area contributed by atoms with Crippen LogP contribution in [-0.2, 0) is 4.74 Å². The van der Waals surface area contributed by atoms with Gasteiger partial charge in [0.1, 0.15) is 28.0 Å². The second-order valence-electron chi connectivity index (χ2n) is 16.0. The third kappa shape index (κ3) is 6.28. The predicted molar refractivity (Wildman–Crippen MR) is 192 cm³/mol. The number of aromatic amines is 1. The summed E-state index contributed by atoms with van der Waals surface area (Å²) in [4.78, 5) is 18.8. The lowest BCUT2D eigenvalue weighted by atomic mass is 9.70. The molecule has 3 atom stereocenters. The lowest BCUT2D eigenvalue weighted by molar-refractivity contribution is -0.0823. The molecule has 51 heavy (non-hydrogen) atoms. The molecule has 2 saturated heterocycles. The van der Waals surface area contributed by atoms with Crippen LogP contribution in [-0.4, -0.2) is 111 Å². The summed E-state index contributed by atoms with van der Waals surface area (Å²) in [6.45, 7) is 8.97. The summed E-state index contributed by atoms with van der Waals surface area (Å²) < 4.78 is 35.3. The maximum Gasteiger partial charge on any atom is 0.319 e. The van der Waals surface area contributed by atoms with E-state index in [9.17, 15) is 10.2 Å². The highest BCUT2D eigenvalue weighted by atomic mass is 35.5. The van der Waals surface area contributed by atoms with E-state index in [1.165, 1.54) is 7.11 Å². The maximum absolute atomic E-state index is 17.2. The Morgan fingerprint density at radius 3 is 2.71 bits per heavy atom. The van der Waals surface area contributed by atoms with E-state index in [-0.39, 0.29) is 47.1 Å². The summed E-state index contributed by atoms with van der Waals surface area (Å²) in [5.41, 5.74) is -0.0342. The van der Waals surface area contributed by atoms with Crippen molar-refractivity contribution < 1.29 is 28.8 Å². The predicted octanol–water partition coefficient (Wildman–Crippen LogP) is 5.44. The van der Waals surface area contributed by atoms with E-state index < -0.39 is 17.0 Å². The Kier molecular flexibility index (Phi) is 8.81. The van der Waals surface area contributed by atoms with Crippen molar-refractivity contribution in [1.29, 1.82) is 0 Å². The molecule has 4 aliphatic rings. The zero-order valence-electron chi connectivity index (χ0n) is 29.8. The first-order chi connectivity index (χ1) is 24.4. The van der Waals surface area contributed by atoms with E-state index in [0.29, 0.717) is 59.0 Å². The number of hydrogen-bond acceptors (Lipinski definition) is 11. The summed E-state index contributed by atoms with van der Waals surface area (Å²) in [5.74, 6) is 0.283. The Labute approximate surface area is 301 Å². The van der Waals surface area contributed by atoms with E-state index in [1.54, 1.807) is 13.1 Å². The lowest BCUT2D eigenvalue weighted by Gasteiger charge is -2.50. The number of nitrogens with zero attached hydrogens (tertiary/aromatic N) is 6. The van der Waals surface area contributed by atoms with E-state index in [0.717, 1.165) is 63.6 Å². The van der Waals surface area contributed by atoms with Crippen LogP contribution in [0.4, 0.5) is 10.2 Å². The zero-order chi connectivity index (χ0) is 35.7. The molecule has 0 radical (unpaired) electrons. The molecule has 2 aliphatic carbocycles. The molecule has 5 heterocycles. The van der Waals surface area contributed by atoms with Gasteiger partial charge in [-0.25, -0.2) is 9.37 Å². The molecule has 274 valence electrons. The van der Waals surface area contributed by atoms with Crippen LogP contribution in [0.15, 0.2) is 12.3 Å². The normalized spacial score (nSPS) is 30.0. The number of anilines is 1. The summed E-state index contributed by atoms with van der Waals surface area (Å²) in [6, 6.07) is 2.28. The number of β-amino-alcohol motifs (C(OH)–C–C–N with tert-alkyl or cyclic N) is 1. The molecule has 4 aromatic rings. The van der Waals surface area contributed by atoms with Crippen molar-refractivity contribution in [3.8, 4) is 23.1 Å². The zero-order valence-corrected chi connectivity index (χ0v) is 30.5. The van der Waals surface area contributed by atoms with Gasteiger partial charge in [-0.2, -0.15) is 15.1 Å². The molecule has 2 aliphatic heterocycles. The fourth-order valence-corrected chi connectivity index (χ4v) is 9.66. The average Bonchev–Trinajstić information content (AvgIpc) is 3.68. The molecule has 0 bridgehead atoms. The van der Waals surface area contributed by atoms with E-state index in [4.69, 9.17) is 40.8 Å². The first kappa shape index (κ1) is 34.7. The first-order valence-corrected chi connectivity index (χ1v) is 18.5. The highest BCUT2D eigenvalue weighted by Gasteiger charge is 2.50. The van der Waals surface area contributed by atoms with Crippen molar-refractivity contribution in [2.45, 2.75) is 83.0 Å². The average molecular weight is 724 g/mol. The number of fused-ring (bicyclic) bond motifs is 3. The van der Waals surface area contributed by atoms with Crippen molar-refractivity contribution in [2.75, 3.05) is 58.0 Å². The number of methoxy groups -OCH3 is 1. The quantitative estimate of drug-likeness (QED) is 0.214. The fourth-order valence-electron chi connectivity index (χ4n) is 9.41. The van der Waals surface area contributed by atoms with E-state index in [1.807, 2.05) is 24.8 Å². The molecule has 12 nitrogen and oxygen atoms in total. The number of aliphatic hydroxyl groups is 2. The Morgan fingerprint density at radius 2 is 1.92 bits per heavy atom. The molecule has 4 fully saturated rings. The van der Waals surface area contributed by atoms with Gasteiger partial charge in [0.25, 0.3) is 0 Å². The van der Waals surface area contributed by atoms with Crippen molar-refractivity contribution >= 4 is 39.2 Å². The molecule has 8 rings (SSSR count). The number of H-pyrrole nitrogens is 1. The van der Waals surface area contributed by atoms with Crippen LogP contribution in [0.2, 0.25) is 5.02 Å². The fraction of sp³-hybridized carbons (Fsp3) is 0.622. The van der Waals surface area contributed by atoms with Crippen LogP contribution < -0.4 is 14.4 Å². The smallest absolute Gasteiger partial charge is 0.319 e. The largest absolute Gasteiger partial charge is 0.480 e. The number of benzene rings is 1. The molecule has 1 aromatic carbocycles. The number of likely N-dealkylation sites (tertiary alicyclic amines) is 1. The number of rotatable bonds is 8. The molecule has 0 amide bonds. The maximum atomic E-state index is 17.2. The van der Waals surface area contributed by atoms with Crippen molar-refractivity contribution in [3.63, 3.8) is 0 Å². The minimum atomic E-state index is -1.19. The first-order valence-electron chi connectivity index (χ1n) is 18.1. The molecule has 3 N–H and O–H groups in total. The van der Waals surface area contributed by atoms with Crippen LogP contribution in [0, 0.1) is 24.1 Å². The molecule has 3 aromatic heterocycles. The number of aromatic nitrogens is 5. The van der Waals surface area contributed by atoms with Gasteiger partial charge in [-0.15, -0.1) is 0 Å². The Morgan fingerprint density at radius 1 is 1.12 bits per heavy atom. The van der Waals surface area contributed by atoms with Gasteiger partial charge in [0, 0.05) is 35.5 Å². The third-order valence-corrected chi connectivity index (χ3v) is 12.1. The second-order valence-corrected chi connectivity index (χ2v) is 16.3. The summed E-state index contributed by atoms with van der Waals surface area (Å²) in [5, 5.41) is 29.9. The van der Waals surface area contributed by atoms with Crippen LogP contribution >= 0.6 is 11.6 Å². The number of ether oxygens (including phenoxy) is 3.